The molecule has 0 saturated carbocycles. The predicted octanol–water partition coefficient (Wildman–Crippen LogP) is 5.51. The monoisotopic (exact) mass is 360 g/mol. The Kier molecular flexibility index (Phi) is 3.09. The zero-order chi connectivity index (χ0) is 18.7. The number of fused-ring (bicyclic) bond motifs is 6. The molecule has 3 heteroatoms. The molecule has 6 rings (SSSR count). The molecule has 3 nitrogen and oxygen atoms in total. The van der Waals surface area contributed by atoms with E-state index in [0.717, 1.165) is 50.0 Å². The van der Waals surface area contributed by atoms with Gasteiger partial charge in [-0.25, -0.2) is 0 Å². The molecule has 0 spiro atoms. The molecular formula is C25H16N2O. The molecule has 132 valence electrons. The lowest BCUT2D eigenvalue weighted by atomic mass is 9.85. The number of pyridine rings is 1. The topological polar surface area (TPSA) is 42.0 Å². The van der Waals surface area contributed by atoms with Crippen LogP contribution in [0.5, 0.6) is 0 Å². The van der Waals surface area contributed by atoms with E-state index in [2.05, 4.69) is 34.6 Å². The average molecular weight is 360 g/mol. The normalized spacial score (nSPS) is 17.1. The van der Waals surface area contributed by atoms with Crippen molar-refractivity contribution in [3.63, 3.8) is 0 Å². The lowest BCUT2D eigenvalue weighted by molar-refractivity contribution is 0.105. The number of rotatable bonds is 1. The van der Waals surface area contributed by atoms with Gasteiger partial charge in [-0.05, 0) is 34.5 Å². The molecule has 4 aromatic rings. The first-order valence-corrected chi connectivity index (χ1v) is 9.41. The Bertz CT molecular complexity index is 1300. The minimum Gasteiger partial charge on any atom is -0.372 e. The van der Waals surface area contributed by atoms with Crippen LogP contribution < -0.4 is 5.32 Å². The number of Topliss-reactive ketones (excluding diaryl/α,β-unsaturated/α-hetero) is 1. The second kappa shape index (κ2) is 5.64. The van der Waals surface area contributed by atoms with Crippen LogP contribution in [-0.2, 0) is 0 Å². The van der Waals surface area contributed by atoms with Crippen LogP contribution in [0.2, 0.25) is 0 Å². The summed E-state index contributed by atoms with van der Waals surface area (Å²) in [4.78, 5) is 18.1. The third kappa shape index (κ3) is 1.99. The van der Waals surface area contributed by atoms with E-state index in [0.29, 0.717) is 0 Å². The maximum Gasteiger partial charge on any atom is 0.194 e. The first-order chi connectivity index (χ1) is 13.8. The first kappa shape index (κ1) is 15.3. The maximum atomic E-state index is 13.5. The molecular weight excluding hydrogens is 344 g/mol. The quantitative estimate of drug-likeness (QED) is 0.487. The van der Waals surface area contributed by atoms with E-state index in [9.17, 15) is 4.79 Å². The zero-order valence-corrected chi connectivity index (χ0v) is 15.0. The van der Waals surface area contributed by atoms with Crippen LogP contribution in [-0.4, -0.2) is 10.8 Å². The fourth-order valence-electron chi connectivity index (χ4n) is 4.51. The molecule has 1 aliphatic carbocycles. The molecule has 3 aromatic carbocycles. The summed E-state index contributed by atoms with van der Waals surface area (Å²) in [5.41, 5.74) is 6.51. The number of nitrogens with one attached hydrogen (secondary N) is 1. The summed E-state index contributed by atoms with van der Waals surface area (Å²) >= 11 is 0. The van der Waals surface area contributed by atoms with E-state index in [1.54, 1.807) is 6.20 Å². The number of nitrogens with zero attached hydrogens (tertiary/aromatic N) is 1. The number of anilines is 1. The number of carbonyl (C=O) groups excluding carboxylic acids is 1. The first-order valence-electron chi connectivity index (χ1n) is 9.41. The van der Waals surface area contributed by atoms with Crippen molar-refractivity contribution in [2.24, 2.45) is 0 Å². The third-order valence-electron chi connectivity index (χ3n) is 5.71. The van der Waals surface area contributed by atoms with Crippen LogP contribution in [0.4, 0.5) is 5.69 Å². The van der Waals surface area contributed by atoms with Gasteiger partial charge in [0.15, 0.2) is 5.78 Å². The lowest BCUT2D eigenvalue weighted by Crippen LogP contribution is -2.20. The Balaban J connectivity index is 1.72. The summed E-state index contributed by atoms with van der Waals surface area (Å²) in [5.74, 6) is 0.102. The standard InChI is InChI=1S/C25H16N2O/c28-25-18-10-4-3-9-17(18)22-23(25)21-16-8-2-1-7-15(16)12-13-19(21)27-24(22)20-11-5-6-14-26-20/h1-14,24,27H. The number of allylic oxidation sites excluding steroid dienone is 1. The van der Waals surface area contributed by atoms with Gasteiger partial charge in [0.05, 0.1) is 11.7 Å². The van der Waals surface area contributed by atoms with Crippen molar-refractivity contribution >= 4 is 33.4 Å². The lowest BCUT2D eigenvalue weighted by Gasteiger charge is -2.30. The van der Waals surface area contributed by atoms with Crippen molar-refractivity contribution in [3.05, 3.63) is 107 Å². The molecule has 0 radical (unpaired) electrons. The molecule has 0 amide bonds. The van der Waals surface area contributed by atoms with Crippen molar-refractivity contribution in [3.8, 4) is 0 Å². The highest BCUT2D eigenvalue weighted by molar-refractivity contribution is 6.43. The molecule has 2 heterocycles. The van der Waals surface area contributed by atoms with Gasteiger partial charge in [-0.15, -0.1) is 0 Å². The van der Waals surface area contributed by atoms with Gasteiger partial charge in [-0.1, -0.05) is 60.7 Å². The Morgan fingerprint density at radius 1 is 0.786 bits per heavy atom. The Labute approximate surface area is 162 Å². The zero-order valence-electron chi connectivity index (χ0n) is 15.0. The molecule has 1 aromatic heterocycles. The molecule has 1 atom stereocenters. The minimum atomic E-state index is -0.155. The molecule has 28 heavy (non-hydrogen) atoms. The van der Waals surface area contributed by atoms with Gasteiger partial charge in [0.25, 0.3) is 0 Å². The van der Waals surface area contributed by atoms with Crippen LogP contribution in [0.1, 0.15) is 33.2 Å². The smallest absolute Gasteiger partial charge is 0.194 e. The number of hydrogen-bond donors (Lipinski definition) is 1. The summed E-state index contributed by atoms with van der Waals surface area (Å²) in [6.07, 6.45) is 1.80. The minimum absolute atomic E-state index is 0.102. The Morgan fingerprint density at radius 3 is 2.43 bits per heavy atom. The highest BCUT2D eigenvalue weighted by Crippen LogP contribution is 2.52. The molecule has 1 N–H and O–H groups in total. The van der Waals surface area contributed by atoms with E-state index < -0.39 is 0 Å². The van der Waals surface area contributed by atoms with Crippen LogP contribution in [0.15, 0.2) is 85.1 Å². The van der Waals surface area contributed by atoms with E-state index in [1.165, 1.54) is 0 Å². The van der Waals surface area contributed by atoms with Gasteiger partial charge in [-0.2, -0.15) is 0 Å². The van der Waals surface area contributed by atoms with Crippen LogP contribution in [0, 0.1) is 0 Å². The summed E-state index contributed by atoms with van der Waals surface area (Å²) in [7, 11) is 0. The van der Waals surface area contributed by atoms with Crippen LogP contribution in [0.3, 0.4) is 0 Å². The van der Waals surface area contributed by atoms with Crippen LogP contribution >= 0.6 is 0 Å². The van der Waals surface area contributed by atoms with E-state index in [4.69, 9.17) is 0 Å². The van der Waals surface area contributed by atoms with Gasteiger partial charge < -0.3 is 5.32 Å². The van der Waals surface area contributed by atoms with E-state index >= 15 is 0 Å². The largest absolute Gasteiger partial charge is 0.372 e. The number of ketones is 1. The number of carbonyl (C=O) groups is 1. The Morgan fingerprint density at radius 2 is 1.57 bits per heavy atom. The highest BCUT2D eigenvalue weighted by Gasteiger charge is 2.40. The third-order valence-corrected chi connectivity index (χ3v) is 5.71. The fraction of sp³-hybridized carbons (Fsp3) is 0.0400. The Hall–Kier alpha value is -3.72. The summed E-state index contributed by atoms with van der Waals surface area (Å²) < 4.78 is 0. The summed E-state index contributed by atoms with van der Waals surface area (Å²) in [6, 6.07) is 26.1. The number of hydrogen-bond acceptors (Lipinski definition) is 3. The number of benzene rings is 3. The van der Waals surface area contributed by atoms with E-state index in [-0.39, 0.29) is 11.8 Å². The SMILES string of the molecule is O=C1C2=C(c3ccccc31)C(c1ccccn1)Nc1ccc3ccccc3c12. The van der Waals surface area contributed by atoms with Crippen molar-refractivity contribution in [1.82, 2.24) is 4.98 Å². The van der Waals surface area contributed by atoms with Gasteiger partial charge in [0.1, 0.15) is 0 Å². The fourth-order valence-corrected chi connectivity index (χ4v) is 4.51. The predicted molar refractivity (Wildman–Crippen MR) is 112 cm³/mol. The van der Waals surface area contributed by atoms with Gasteiger partial charge in [-0.3, -0.25) is 9.78 Å². The second-order valence-corrected chi connectivity index (χ2v) is 7.20. The molecule has 0 fully saturated rings. The summed E-state index contributed by atoms with van der Waals surface area (Å²) in [6.45, 7) is 0. The van der Waals surface area contributed by atoms with Gasteiger partial charge >= 0.3 is 0 Å². The maximum absolute atomic E-state index is 13.5. The second-order valence-electron chi connectivity index (χ2n) is 7.20. The highest BCUT2D eigenvalue weighted by atomic mass is 16.1. The molecule has 1 aliphatic heterocycles. The van der Waals surface area contributed by atoms with Crippen molar-refractivity contribution in [1.29, 1.82) is 0 Å². The average Bonchev–Trinajstić information content (AvgIpc) is 3.07. The molecule has 0 bridgehead atoms. The molecule has 1 unspecified atom stereocenters. The summed E-state index contributed by atoms with van der Waals surface area (Å²) in [5, 5.41) is 5.90. The van der Waals surface area contributed by atoms with Crippen molar-refractivity contribution in [2.45, 2.75) is 6.04 Å². The van der Waals surface area contributed by atoms with Gasteiger partial charge in [0, 0.05) is 34.2 Å². The van der Waals surface area contributed by atoms with Crippen molar-refractivity contribution in [2.75, 3.05) is 5.32 Å². The molecule has 2 aliphatic rings. The number of aromatic nitrogens is 1. The van der Waals surface area contributed by atoms with E-state index in [1.807, 2.05) is 54.6 Å². The van der Waals surface area contributed by atoms with Crippen molar-refractivity contribution < 1.29 is 4.79 Å². The molecule has 0 saturated heterocycles. The van der Waals surface area contributed by atoms with Crippen LogP contribution in [0.25, 0.3) is 21.9 Å². The van der Waals surface area contributed by atoms with Gasteiger partial charge in [0.2, 0.25) is 0 Å².